The first kappa shape index (κ1) is 15.6. The summed E-state index contributed by atoms with van der Waals surface area (Å²) in [5, 5.41) is 19.6. The molecule has 0 aliphatic carbocycles. The molecule has 0 aliphatic heterocycles. The van der Waals surface area contributed by atoms with Crippen LogP contribution in [0.15, 0.2) is 5.38 Å². The first-order valence-corrected chi connectivity index (χ1v) is 7.51. The summed E-state index contributed by atoms with van der Waals surface area (Å²) in [6, 6.07) is 0. The molecule has 0 radical (unpaired) electrons. The Balaban J connectivity index is 2.27. The van der Waals surface area contributed by atoms with Crippen LogP contribution in [-0.2, 0) is 18.4 Å². The number of aromatic carboxylic acids is 1. The van der Waals surface area contributed by atoms with Gasteiger partial charge in [0.15, 0.2) is 5.69 Å². The summed E-state index contributed by atoms with van der Waals surface area (Å²) in [6.07, 6.45) is 0.423. The van der Waals surface area contributed by atoms with E-state index in [4.69, 9.17) is 10.8 Å². The van der Waals surface area contributed by atoms with E-state index in [1.165, 1.54) is 11.3 Å². The summed E-state index contributed by atoms with van der Waals surface area (Å²) in [6.45, 7) is 7.06. The topological polar surface area (TPSA) is 107 Å². The Morgan fingerprint density at radius 2 is 2.19 bits per heavy atom. The number of carbonyl (C=O) groups is 1. The summed E-state index contributed by atoms with van der Waals surface area (Å²) in [5.74, 6) is -1.08. The van der Waals surface area contributed by atoms with E-state index in [2.05, 4.69) is 36.1 Å². The molecule has 2 heterocycles. The Hall–Kier alpha value is -1.80. The molecular formula is C13H19N5O2S. The van der Waals surface area contributed by atoms with E-state index >= 15 is 0 Å². The van der Waals surface area contributed by atoms with Crippen LogP contribution in [0.3, 0.4) is 0 Å². The first-order valence-electron chi connectivity index (χ1n) is 6.63. The van der Waals surface area contributed by atoms with Crippen molar-refractivity contribution in [2.45, 2.75) is 39.2 Å². The van der Waals surface area contributed by atoms with Crippen LogP contribution in [0.5, 0.6) is 0 Å². The van der Waals surface area contributed by atoms with Crippen molar-refractivity contribution in [1.29, 1.82) is 0 Å². The highest BCUT2D eigenvalue weighted by Gasteiger charge is 2.21. The van der Waals surface area contributed by atoms with Crippen LogP contribution in [0.25, 0.3) is 0 Å². The van der Waals surface area contributed by atoms with Gasteiger partial charge in [0, 0.05) is 17.2 Å². The van der Waals surface area contributed by atoms with E-state index in [9.17, 15) is 4.79 Å². The van der Waals surface area contributed by atoms with Gasteiger partial charge in [0.25, 0.3) is 0 Å². The molecule has 0 aromatic carbocycles. The smallest absolute Gasteiger partial charge is 0.358 e. The predicted octanol–water partition coefficient (Wildman–Crippen LogP) is 1.28. The molecule has 0 bridgehead atoms. The van der Waals surface area contributed by atoms with Crippen molar-refractivity contribution < 1.29 is 9.90 Å². The third kappa shape index (κ3) is 3.45. The third-order valence-electron chi connectivity index (χ3n) is 3.03. The van der Waals surface area contributed by atoms with E-state index in [-0.39, 0.29) is 11.1 Å². The average Bonchev–Trinajstić information content (AvgIpc) is 2.98. The lowest BCUT2D eigenvalue weighted by atomic mass is 9.93. The average molecular weight is 309 g/mol. The van der Waals surface area contributed by atoms with Gasteiger partial charge in [0.1, 0.15) is 5.01 Å². The van der Waals surface area contributed by atoms with Crippen molar-refractivity contribution in [2.24, 2.45) is 5.73 Å². The highest BCUT2D eigenvalue weighted by molar-refractivity contribution is 7.09. The van der Waals surface area contributed by atoms with Crippen molar-refractivity contribution in [3.8, 4) is 0 Å². The van der Waals surface area contributed by atoms with Crippen molar-refractivity contribution in [2.75, 3.05) is 6.54 Å². The van der Waals surface area contributed by atoms with E-state index in [0.29, 0.717) is 25.2 Å². The maximum Gasteiger partial charge on any atom is 0.358 e. The van der Waals surface area contributed by atoms with Crippen molar-refractivity contribution in [1.82, 2.24) is 20.0 Å². The van der Waals surface area contributed by atoms with Gasteiger partial charge in [-0.25, -0.2) is 14.5 Å². The molecule has 0 spiro atoms. The zero-order valence-electron chi connectivity index (χ0n) is 12.3. The van der Waals surface area contributed by atoms with Gasteiger partial charge in [0.2, 0.25) is 0 Å². The monoisotopic (exact) mass is 309 g/mol. The van der Waals surface area contributed by atoms with Crippen LogP contribution in [0.1, 0.15) is 47.7 Å². The molecule has 0 fully saturated rings. The molecule has 3 N–H and O–H groups in total. The van der Waals surface area contributed by atoms with Crippen LogP contribution >= 0.6 is 11.3 Å². The zero-order chi connectivity index (χ0) is 15.6. The van der Waals surface area contributed by atoms with Crippen LogP contribution in [-0.4, -0.2) is 37.6 Å². The van der Waals surface area contributed by atoms with Gasteiger partial charge in [-0.2, -0.15) is 0 Å². The molecule has 0 aliphatic rings. The summed E-state index contributed by atoms with van der Waals surface area (Å²) < 4.78 is 1.57. The minimum atomic E-state index is -1.08. The van der Waals surface area contributed by atoms with Gasteiger partial charge in [-0.1, -0.05) is 26.0 Å². The highest BCUT2D eigenvalue weighted by atomic mass is 32.1. The van der Waals surface area contributed by atoms with Gasteiger partial charge >= 0.3 is 5.97 Å². The summed E-state index contributed by atoms with van der Waals surface area (Å²) >= 11 is 1.54. The van der Waals surface area contributed by atoms with Crippen molar-refractivity contribution >= 4 is 17.3 Å². The number of nitrogens with zero attached hydrogens (tertiary/aromatic N) is 4. The highest BCUT2D eigenvalue weighted by Crippen LogP contribution is 2.24. The molecule has 7 nitrogen and oxygen atoms in total. The first-order chi connectivity index (χ1) is 9.82. The maximum atomic E-state index is 11.1. The van der Waals surface area contributed by atoms with E-state index in [0.717, 1.165) is 10.7 Å². The van der Waals surface area contributed by atoms with Crippen molar-refractivity contribution in [3.05, 3.63) is 27.5 Å². The number of hydrogen-bond acceptors (Lipinski definition) is 6. The standard InChI is InChI=1S/C13H19N5O2S/c1-13(2,3)9-7-21-10(15-9)6-18-8(4-5-14)11(12(19)20)16-17-18/h7H,4-6,14H2,1-3H3,(H,19,20). The second-order valence-electron chi connectivity index (χ2n) is 5.76. The molecule has 2 rings (SSSR count). The molecule has 0 amide bonds. The lowest BCUT2D eigenvalue weighted by molar-refractivity contribution is 0.0689. The number of hydrogen-bond donors (Lipinski definition) is 2. The van der Waals surface area contributed by atoms with Gasteiger partial charge in [-0.05, 0) is 6.54 Å². The lowest BCUT2D eigenvalue weighted by Crippen LogP contribution is -2.15. The predicted molar refractivity (Wildman–Crippen MR) is 79.7 cm³/mol. The van der Waals surface area contributed by atoms with Crippen LogP contribution in [0.2, 0.25) is 0 Å². The third-order valence-corrected chi connectivity index (χ3v) is 3.86. The molecule has 0 unspecified atom stereocenters. The SMILES string of the molecule is CC(C)(C)c1csc(Cn2nnc(C(=O)O)c2CCN)n1. The Bertz CT molecular complexity index is 641. The number of carboxylic acid groups (broad SMARTS) is 1. The van der Waals surface area contributed by atoms with Crippen molar-refractivity contribution in [3.63, 3.8) is 0 Å². The minimum absolute atomic E-state index is 0.0105. The fraction of sp³-hybridized carbons (Fsp3) is 0.538. The zero-order valence-corrected chi connectivity index (χ0v) is 13.1. The number of rotatable bonds is 5. The Morgan fingerprint density at radius 3 is 2.71 bits per heavy atom. The molecule has 21 heavy (non-hydrogen) atoms. The normalized spacial score (nSPS) is 11.8. The quantitative estimate of drug-likeness (QED) is 0.861. The van der Waals surface area contributed by atoms with Crippen LogP contribution < -0.4 is 5.73 Å². The number of thiazole rings is 1. The molecule has 0 atom stereocenters. The van der Waals surface area contributed by atoms with Gasteiger partial charge < -0.3 is 10.8 Å². The molecule has 0 saturated carbocycles. The van der Waals surface area contributed by atoms with E-state index < -0.39 is 5.97 Å². The maximum absolute atomic E-state index is 11.1. The minimum Gasteiger partial charge on any atom is -0.476 e. The molecule has 2 aromatic heterocycles. The largest absolute Gasteiger partial charge is 0.476 e. The molecule has 2 aromatic rings. The lowest BCUT2D eigenvalue weighted by Gasteiger charge is -2.14. The van der Waals surface area contributed by atoms with Gasteiger partial charge in [-0.3, -0.25) is 0 Å². The van der Waals surface area contributed by atoms with E-state index in [1.807, 2.05) is 5.38 Å². The summed E-state index contributed by atoms with van der Waals surface area (Å²) in [5.41, 5.74) is 7.05. The van der Waals surface area contributed by atoms with Crippen LogP contribution in [0, 0.1) is 0 Å². The summed E-state index contributed by atoms with van der Waals surface area (Å²) in [7, 11) is 0. The second kappa shape index (κ2) is 5.90. The molecule has 0 saturated heterocycles. The fourth-order valence-corrected chi connectivity index (χ4v) is 2.87. The van der Waals surface area contributed by atoms with Gasteiger partial charge in [-0.15, -0.1) is 16.4 Å². The molecular weight excluding hydrogens is 290 g/mol. The summed E-state index contributed by atoms with van der Waals surface area (Å²) in [4.78, 5) is 15.7. The Morgan fingerprint density at radius 1 is 1.48 bits per heavy atom. The van der Waals surface area contributed by atoms with Crippen LogP contribution in [0.4, 0.5) is 0 Å². The number of aromatic nitrogens is 4. The van der Waals surface area contributed by atoms with Gasteiger partial charge in [0.05, 0.1) is 17.9 Å². The number of nitrogens with two attached hydrogens (primary N) is 1. The van der Waals surface area contributed by atoms with E-state index in [1.54, 1.807) is 4.68 Å². The molecule has 8 heteroatoms. The molecule has 114 valence electrons. The Labute approximate surface area is 126 Å². The fourth-order valence-electron chi connectivity index (χ4n) is 1.87. The Kier molecular flexibility index (Phi) is 4.38. The second-order valence-corrected chi connectivity index (χ2v) is 6.71. The number of carboxylic acids is 1.